The molecule has 0 amide bonds. The van der Waals surface area contributed by atoms with Gasteiger partial charge in [0.25, 0.3) is 0 Å². The van der Waals surface area contributed by atoms with E-state index in [1.165, 1.54) is 25.7 Å². The Bertz CT molecular complexity index is 658. The van der Waals surface area contributed by atoms with E-state index in [4.69, 9.17) is 0 Å². The number of benzene rings is 1. The largest absolute Gasteiger partial charge is 0.294 e. The lowest BCUT2D eigenvalue weighted by Crippen LogP contribution is -2.15. The van der Waals surface area contributed by atoms with Crippen molar-refractivity contribution in [3.05, 3.63) is 42.2 Å². The van der Waals surface area contributed by atoms with Crippen molar-refractivity contribution in [2.24, 2.45) is 17.8 Å². The number of hydrogen-bond acceptors (Lipinski definition) is 2. The predicted octanol–water partition coefficient (Wildman–Crippen LogP) is 4.24. The highest BCUT2D eigenvalue weighted by atomic mass is 16.1. The van der Waals surface area contributed by atoms with Crippen molar-refractivity contribution in [3.8, 4) is 0 Å². The summed E-state index contributed by atoms with van der Waals surface area (Å²) >= 11 is 0. The molecule has 2 saturated carbocycles. The van der Waals surface area contributed by atoms with Crippen LogP contribution >= 0.6 is 0 Å². The maximum absolute atomic E-state index is 12.7. The number of ketones is 1. The van der Waals surface area contributed by atoms with Crippen LogP contribution in [0.2, 0.25) is 0 Å². The molecule has 3 atom stereocenters. The van der Waals surface area contributed by atoms with Crippen molar-refractivity contribution in [1.82, 2.24) is 4.98 Å². The lowest BCUT2D eigenvalue weighted by atomic mass is 9.83. The summed E-state index contributed by atoms with van der Waals surface area (Å²) in [7, 11) is 0. The quantitative estimate of drug-likeness (QED) is 0.777. The molecule has 2 heteroatoms. The van der Waals surface area contributed by atoms with Gasteiger partial charge in [0.05, 0.1) is 0 Å². The Labute approximate surface area is 119 Å². The van der Waals surface area contributed by atoms with Crippen molar-refractivity contribution in [2.45, 2.75) is 32.1 Å². The van der Waals surface area contributed by atoms with Crippen LogP contribution < -0.4 is 0 Å². The van der Waals surface area contributed by atoms with E-state index in [1.807, 2.05) is 30.5 Å². The van der Waals surface area contributed by atoms with E-state index in [9.17, 15) is 4.79 Å². The van der Waals surface area contributed by atoms with Crippen molar-refractivity contribution >= 4 is 16.6 Å². The van der Waals surface area contributed by atoms with Crippen LogP contribution in [0.15, 0.2) is 36.7 Å². The maximum atomic E-state index is 12.7. The minimum Gasteiger partial charge on any atom is -0.294 e. The standard InChI is InChI=1S/C18H19NO/c20-18(10-15-9-12-4-5-13(15)8-12)17-3-1-2-14-11-19-7-6-16(14)17/h1-3,6-7,11-13,15H,4-5,8-10H2. The van der Waals surface area contributed by atoms with Gasteiger partial charge < -0.3 is 0 Å². The Kier molecular flexibility index (Phi) is 2.83. The summed E-state index contributed by atoms with van der Waals surface area (Å²) in [5.41, 5.74) is 0.882. The molecule has 2 bridgehead atoms. The van der Waals surface area contributed by atoms with E-state index in [0.717, 1.165) is 34.6 Å². The van der Waals surface area contributed by atoms with E-state index in [-0.39, 0.29) is 0 Å². The third kappa shape index (κ3) is 1.94. The molecule has 0 saturated heterocycles. The third-order valence-electron chi connectivity index (χ3n) is 5.31. The molecule has 1 aromatic carbocycles. The summed E-state index contributed by atoms with van der Waals surface area (Å²) in [6.07, 6.45) is 9.75. The molecule has 20 heavy (non-hydrogen) atoms. The van der Waals surface area contributed by atoms with E-state index in [2.05, 4.69) is 4.98 Å². The highest BCUT2D eigenvalue weighted by Crippen LogP contribution is 2.49. The van der Waals surface area contributed by atoms with Crippen LogP contribution in [-0.2, 0) is 0 Å². The first-order chi connectivity index (χ1) is 9.81. The second-order valence-corrected chi connectivity index (χ2v) is 6.46. The van der Waals surface area contributed by atoms with Crippen LogP contribution in [0.1, 0.15) is 42.5 Å². The van der Waals surface area contributed by atoms with Crippen LogP contribution in [-0.4, -0.2) is 10.8 Å². The highest BCUT2D eigenvalue weighted by Gasteiger charge is 2.40. The highest BCUT2D eigenvalue weighted by molar-refractivity contribution is 6.08. The molecule has 2 aliphatic carbocycles. The topological polar surface area (TPSA) is 30.0 Å². The Balaban J connectivity index is 1.61. The molecule has 3 unspecified atom stereocenters. The zero-order valence-electron chi connectivity index (χ0n) is 11.6. The minimum atomic E-state index is 0.319. The van der Waals surface area contributed by atoms with Crippen LogP contribution in [0.3, 0.4) is 0 Å². The average Bonchev–Trinajstić information content (AvgIpc) is 3.09. The Morgan fingerprint density at radius 1 is 1.20 bits per heavy atom. The molecular weight excluding hydrogens is 246 g/mol. The van der Waals surface area contributed by atoms with Gasteiger partial charge in [0.15, 0.2) is 5.78 Å². The van der Waals surface area contributed by atoms with E-state index >= 15 is 0 Å². The fraction of sp³-hybridized carbons (Fsp3) is 0.444. The van der Waals surface area contributed by atoms with Crippen molar-refractivity contribution in [2.75, 3.05) is 0 Å². The minimum absolute atomic E-state index is 0.319. The van der Waals surface area contributed by atoms with Gasteiger partial charge >= 0.3 is 0 Å². The summed E-state index contributed by atoms with van der Waals surface area (Å²) in [6.45, 7) is 0. The lowest BCUT2D eigenvalue weighted by molar-refractivity contribution is 0.0946. The van der Waals surface area contributed by atoms with E-state index in [1.54, 1.807) is 6.20 Å². The van der Waals surface area contributed by atoms with Gasteiger partial charge in [-0.25, -0.2) is 0 Å². The van der Waals surface area contributed by atoms with Crippen molar-refractivity contribution in [3.63, 3.8) is 0 Å². The summed E-state index contributed by atoms with van der Waals surface area (Å²) in [5, 5.41) is 2.11. The van der Waals surface area contributed by atoms with Crippen molar-refractivity contribution in [1.29, 1.82) is 0 Å². The first kappa shape index (κ1) is 12.1. The van der Waals surface area contributed by atoms with Crippen LogP contribution in [0, 0.1) is 17.8 Å². The molecule has 2 aliphatic rings. The molecule has 1 aromatic heterocycles. The summed E-state index contributed by atoms with van der Waals surface area (Å²) in [5.74, 6) is 2.69. The van der Waals surface area contributed by atoms with Gasteiger partial charge in [-0.2, -0.15) is 0 Å². The zero-order chi connectivity index (χ0) is 13.5. The number of hydrogen-bond donors (Lipinski definition) is 0. The molecule has 2 fully saturated rings. The fourth-order valence-electron chi connectivity index (χ4n) is 4.34. The van der Waals surface area contributed by atoms with Gasteiger partial charge in [-0.15, -0.1) is 0 Å². The molecule has 2 aromatic rings. The van der Waals surface area contributed by atoms with Gasteiger partial charge in [-0.1, -0.05) is 24.6 Å². The Morgan fingerprint density at radius 2 is 2.15 bits per heavy atom. The monoisotopic (exact) mass is 265 g/mol. The number of pyridine rings is 1. The summed E-state index contributed by atoms with van der Waals surface area (Å²) < 4.78 is 0. The number of aromatic nitrogens is 1. The second kappa shape index (κ2) is 4.69. The SMILES string of the molecule is O=C(CC1CC2CCC1C2)c1cccc2cnccc12. The van der Waals surface area contributed by atoms with Gasteiger partial charge in [-0.3, -0.25) is 9.78 Å². The average molecular weight is 265 g/mol. The number of nitrogens with zero attached hydrogens (tertiary/aromatic N) is 1. The van der Waals surface area contributed by atoms with Gasteiger partial charge in [0.2, 0.25) is 0 Å². The van der Waals surface area contributed by atoms with Crippen molar-refractivity contribution < 1.29 is 4.79 Å². The molecule has 0 spiro atoms. The number of fused-ring (bicyclic) bond motifs is 3. The second-order valence-electron chi connectivity index (χ2n) is 6.46. The van der Waals surface area contributed by atoms with E-state index < -0.39 is 0 Å². The van der Waals surface area contributed by atoms with Crippen LogP contribution in [0.5, 0.6) is 0 Å². The molecule has 0 N–H and O–H groups in total. The van der Waals surface area contributed by atoms with Crippen LogP contribution in [0.4, 0.5) is 0 Å². The summed E-state index contributed by atoms with van der Waals surface area (Å²) in [4.78, 5) is 16.8. The molecule has 4 rings (SSSR count). The van der Waals surface area contributed by atoms with Gasteiger partial charge in [0.1, 0.15) is 0 Å². The van der Waals surface area contributed by atoms with E-state index in [0.29, 0.717) is 11.7 Å². The zero-order valence-corrected chi connectivity index (χ0v) is 11.6. The fourth-order valence-corrected chi connectivity index (χ4v) is 4.34. The number of Topliss-reactive ketones (excluding diaryl/α,β-unsaturated/α-hetero) is 1. The maximum Gasteiger partial charge on any atom is 0.163 e. The summed E-state index contributed by atoms with van der Waals surface area (Å²) in [6, 6.07) is 7.93. The molecular formula is C18H19NO. The molecule has 1 heterocycles. The lowest BCUT2D eigenvalue weighted by Gasteiger charge is -2.21. The van der Waals surface area contributed by atoms with Gasteiger partial charge in [0, 0.05) is 29.8 Å². The predicted molar refractivity (Wildman–Crippen MR) is 79.6 cm³/mol. The third-order valence-corrected chi connectivity index (χ3v) is 5.31. The number of carbonyl (C=O) groups excluding carboxylic acids is 1. The molecule has 102 valence electrons. The Morgan fingerprint density at radius 3 is 2.95 bits per heavy atom. The first-order valence-electron chi connectivity index (χ1n) is 7.67. The first-order valence-corrected chi connectivity index (χ1v) is 7.67. The van der Waals surface area contributed by atoms with Gasteiger partial charge in [-0.05, 0) is 48.5 Å². The normalized spacial score (nSPS) is 28.1. The molecule has 0 aliphatic heterocycles. The smallest absolute Gasteiger partial charge is 0.163 e. The molecule has 2 nitrogen and oxygen atoms in total. The van der Waals surface area contributed by atoms with Crippen LogP contribution in [0.25, 0.3) is 10.8 Å². The Hall–Kier alpha value is -1.70. The molecule has 0 radical (unpaired) electrons. The number of rotatable bonds is 3. The number of carbonyl (C=O) groups is 1.